The van der Waals surface area contributed by atoms with Gasteiger partial charge in [-0.25, -0.2) is 0 Å². The third kappa shape index (κ3) is 4.54. The van der Waals surface area contributed by atoms with Crippen molar-refractivity contribution in [2.24, 2.45) is 4.99 Å². The largest absolute Gasteiger partial charge is 0.373 e. The summed E-state index contributed by atoms with van der Waals surface area (Å²) in [5, 5.41) is 3.13. The molecule has 0 aliphatic rings. The molecule has 0 saturated carbocycles. The van der Waals surface area contributed by atoms with Crippen LogP contribution in [0.4, 0.5) is 0 Å². The standard InChI is InChI=1S/C19H23N3.C2H6/c1-13(2)14(3)15-10-11-18(22-12-15)16-8-6-7-9-17(16)19(20-4)21-5;1-2/h6-12,14H,1H2,2-5H3,(H,20,21);1-2H3. The van der Waals surface area contributed by atoms with Crippen LogP contribution in [0, 0.1) is 0 Å². The van der Waals surface area contributed by atoms with Crippen molar-refractivity contribution < 1.29 is 0 Å². The third-order valence-electron chi connectivity index (χ3n) is 3.94. The maximum absolute atomic E-state index is 4.64. The molecule has 1 unspecified atom stereocenters. The molecule has 0 aliphatic heterocycles. The van der Waals surface area contributed by atoms with E-state index in [9.17, 15) is 0 Å². The van der Waals surface area contributed by atoms with E-state index in [1.165, 1.54) is 5.56 Å². The van der Waals surface area contributed by atoms with E-state index in [4.69, 9.17) is 0 Å². The summed E-state index contributed by atoms with van der Waals surface area (Å²) in [4.78, 5) is 8.94. The quantitative estimate of drug-likeness (QED) is 0.485. The summed E-state index contributed by atoms with van der Waals surface area (Å²) in [5.74, 6) is 1.18. The molecular formula is C21H29N3. The van der Waals surface area contributed by atoms with Crippen LogP contribution in [0.5, 0.6) is 0 Å². The van der Waals surface area contributed by atoms with Crippen molar-refractivity contribution in [2.45, 2.75) is 33.6 Å². The first-order valence-corrected chi connectivity index (χ1v) is 8.44. The maximum atomic E-state index is 4.64. The second-order valence-corrected chi connectivity index (χ2v) is 5.41. The second kappa shape index (κ2) is 9.66. The lowest BCUT2D eigenvalue weighted by molar-refractivity contribution is 0.890. The highest BCUT2D eigenvalue weighted by atomic mass is 14.9. The Bertz CT molecular complexity index is 684. The minimum Gasteiger partial charge on any atom is -0.373 e. The fraction of sp³-hybridized carbons (Fsp3) is 0.333. The summed E-state index contributed by atoms with van der Waals surface area (Å²) in [6.07, 6.45) is 1.94. The van der Waals surface area contributed by atoms with E-state index in [0.29, 0.717) is 5.92 Å². The predicted octanol–water partition coefficient (Wildman–Crippen LogP) is 5.05. The van der Waals surface area contributed by atoms with Crippen LogP contribution in [0.1, 0.15) is 44.7 Å². The van der Waals surface area contributed by atoms with Crippen molar-refractivity contribution in [2.75, 3.05) is 14.1 Å². The number of aromatic nitrogens is 1. The Morgan fingerprint density at radius 1 is 1.17 bits per heavy atom. The molecule has 1 atom stereocenters. The van der Waals surface area contributed by atoms with E-state index in [-0.39, 0.29) is 0 Å². The lowest BCUT2D eigenvalue weighted by Gasteiger charge is -2.14. The number of nitrogens with zero attached hydrogens (tertiary/aromatic N) is 2. The minimum atomic E-state index is 0.321. The van der Waals surface area contributed by atoms with Crippen LogP contribution < -0.4 is 5.32 Å². The minimum absolute atomic E-state index is 0.321. The Morgan fingerprint density at radius 3 is 2.33 bits per heavy atom. The number of hydrogen-bond acceptors (Lipinski definition) is 2. The Morgan fingerprint density at radius 2 is 1.83 bits per heavy atom. The monoisotopic (exact) mass is 323 g/mol. The van der Waals surface area contributed by atoms with E-state index in [0.717, 1.165) is 28.2 Å². The van der Waals surface area contributed by atoms with Crippen molar-refractivity contribution in [3.63, 3.8) is 0 Å². The Hall–Kier alpha value is -2.42. The lowest BCUT2D eigenvalue weighted by Crippen LogP contribution is -2.20. The molecule has 0 amide bonds. The summed E-state index contributed by atoms with van der Waals surface area (Å²) in [6.45, 7) is 12.2. The van der Waals surface area contributed by atoms with E-state index in [1.54, 1.807) is 7.05 Å². The zero-order chi connectivity index (χ0) is 18.1. The van der Waals surface area contributed by atoms with Gasteiger partial charge < -0.3 is 5.32 Å². The number of nitrogens with one attached hydrogen (secondary N) is 1. The summed E-state index contributed by atoms with van der Waals surface area (Å²) in [7, 11) is 3.66. The van der Waals surface area contributed by atoms with Crippen LogP contribution in [0.15, 0.2) is 59.7 Å². The summed E-state index contributed by atoms with van der Waals surface area (Å²) in [5.41, 5.74) is 5.41. The van der Waals surface area contributed by atoms with Crippen LogP contribution in [0.25, 0.3) is 11.3 Å². The molecule has 1 aromatic heterocycles. The first kappa shape index (κ1) is 19.6. The molecule has 1 aromatic carbocycles. The molecular weight excluding hydrogens is 294 g/mol. The fourth-order valence-electron chi connectivity index (χ4n) is 2.39. The zero-order valence-electron chi connectivity index (χ0n) is 15.7. The molecule has 3 heteroatoms. The second-order valence-electron chi connectivity index (χ2n) is 5.41. The fourth-order valence-corrected chi connectivity index (χ4v) is 2.39. The molecule has 2 aromatic rings. The Kier molecular flexibility index (Phi) is 7.90. The highest BCUT2D eigenvalue weighted by molar-refractivity contribution is 6.03. The molecule has 3 nitrogen and oxygen atoms in total. The van der Waals surface area contributed by atoms with Gasteiger partial charge >= 0.3 is 0 Å². The van der Waals surface area contributed by atoms with Crippen LogP contribution in [0.3, 0.4) is 0 Å². The number of pyridine rings is 1. The van der Waals surface area contributed by atoms with Gasteiger partial charge in [-0.3, -0.25) is 9.98 Å². The first-order valence-electron chi connectivity index (χ1n) is 8.44. The van der Waals surface area contributed by atoms with E-state index >= 15 is 0 Å². The van der Waals surface area contributed by atoms with Gasteiger partial charge in [-0.15, -0.1) is 0 Å². The van der Waals surface area contributed by atoms with Gasteiger partial charge in [0.1, 0.15) is 5.84 Å². The average Bonchev–Trinajstić information content (AvgIpc) is 2.64. The van der Waals surface area contributed by atoms with Crippen LogP contribution >= 0.6 is 0 Å². The molecule has 0 fully saturated rings. The number of benzene rings is 1. The van der Waals surface area contributed by atoms with Gasteiger partial charge in [-0.1, -0.05) is 63.3 Å². The van der Waals surface area contributed by atoms with Crippen molar-refractivity contribution in [3.05, 3.63) is 65.9 Å². The van der Waals surface area contributed by atoms with Gasteiger partial charge in [0.15, 0.2) is 0 Å². The van der Waals surface area contributed by atoms with Gasteiger partial charge in [0.25, 0.3) is 0 Å². The number of amidine groups is 1. The maximum Gasteiger partial charge on any atom is 0.128 e. The van der Waals surface area contributed by atoms with Crippen molar-refractivity contribution in [3.8, 4) is 11.3 Å². The van der Waals surface area contributed by atoms with Crippen molar-refractivity contribution in [1.82, 2.24) is 10.3 Å². The van der Waals surface area contributed by atoms with Crippen molar-refractivity contribution >= 4 is 5.84 Å². The van der Waals surface area contributed by atoms with Crippen molar-refractivity contribution in [1.29, 1.82) is 0 Å². The topological polar surface area (TPSA) is 37.3 Å². The molecule has 128 valence electrons. The molecule has 0 spiro atoms. The Labute approximate surface area is 146 Å². The van der Waals surface area contributed by atoms with Gasteiger partial charge in [-0.05, 0) is 18.6 Å². The molecule has 24 heavy (non-hydrogen) atoms. The number of allylic oxidation sites excluding steroid dienone is 1. The van der Waals surface area contributed by atoms with Crippen LogP contribution in [0.2, 0.25) is 0 Å². The third-order valence-corrected chi connectivity index (χ3v) is 3.94. The molecule has 1 heterocycles. The normalized spacial score (nSPS) is 12.0. The predicted molar refractivity (Wildman–Crippen MR) is 106 cm³/mol. The molecule has 0 bridgehead atoms. The van der Waals surface area contributed by atoms with Crippen LogP contribution in [-0.2, 0) is 0 Å². The van der Waals surface area contributed by atoms with Gasteiger partial charge in [0, 0.05) is 37.3 Å². The molecule has 0 radical (unpaired) electrons. The van der Waals surface area contributed by atoms with Gasteiger partial charge in [0.2, 0.25) is 0 Å². The number of aliphatic imine (C=N–C) groups is 1. The SMILES string of the molecule is C=C(C)C(C)c1ccc(-c2ccccc2C(=NC)NC)nc1.CC. The van der Waals surface area contributed by atoms with E-state index in [1.807, 2.05) is 46.1 Å². The van der Waals surface area contributed by atoms with Gasteiger partial charge in [-0.2, -0.15) is 0 Å². The van der Waals surface area contributed by atoms with E-state index < -0.39 is 0 Å². The lowest BCUT2D eigenvalue weighted by atomic mass is 9.95. The van der Waals surface area contributed by atoms with Crippen LogP contribution in [-0.4, -0.2) is 24.9 Å². The molecule has 0 saturated heterocycles. The summed E-state index contributed by atoms with van der Waals surface area (Å²) < 4.78 is 0. The molecule has 2 rings (SSSR count). The smallest absolute Gasteiger partial charge is 0.128 e. The first-order chi connectivity index (χ1) is 11.6. The highest BCUT2D eigenvalue weighted by Crippen LogP contribution is 2.26. The molecule has 0 aliphatic carbocycles. The Balaban J connectivity index is 0.00000139. The summed E-state index contributed by atoms with van der Waals surface area (Å²) in [6, 6.07) is 12.4. The average molecular weight is 323 g/mol. The summed E-state index contributed by atoms with van der Waals surface area (Å²) >= 11 is 0. The zero-order valence-corrected chi connectivity index (χ0v) is 15.7. The van der Waals surface area contributed by atoms with E-state index in [2.05, 4.69) is 53.1 Å². The molecule has 1 N–H and O–H groups in total. The van der Waals surface area contributed by atoms with Gasteiger partial charge in [0.05, 0.1) is 5.69 Å². The number of hydrogen-bond donors (Lipinski definition) is 1. The highest BCUT2D eigenvalue weighted by Gasteiger charge is 2.11. The number of rotatable bonds is 4.